The number of para-hydroxylation sites is 1. The van der Waals surface area contributed by atoms with Crippen LogP contribution in [0.4, 0.5) is 0 Å². The topological polar surface area (TPSA) is 60.7 Å². The van der Waals surface area contributed by atoms with E-state index in [4.69, 9.17) is 13.9 Å². The summed E-state index contributed by atoms with van der Waals surface area (Å²) in [5.41, 5.74) is 1.50. The normalized spacial score (nSPS) is 10.1. The van der Waals surface area contributed by atoms with Crippen LogP contribution in [0.1, 0.15) is 15.9 Å². The molecule has 5 nitrogen and oxygen atoms in total. The number of hydrogen-bond acceptors (Lipinski definition) is 4. The van der Waals surface area contributed by atoms with Crippen LogP contribution in [0.15, 0.2) is 41.2 Å². The van der Waals surface area contributed by atoms with Crippen LogP contribution in [-0.4, -0.2) is 26.7 Å². The molecule has 5 heteroatoms. The van der Waals surface area contributed by atoms with Crippen LogP contribution in [0.3, 0.4) is 0 Å². The average molecular weight is 275 g/mol. The Morgan fingerprint density at radius 1 is 1.25 bits per heavy atom. The second-order valence-corrected chi connectivity index (χ2v) is 4.18. The Hall–Kier alpha value is -2.43. The third-order valence-electron chi connectivity index (χ3n) is 2.93. The van der Waals surface area contributed by atoms with Gasteiger partial charge in [0.2, 0.25) is 0 Å². The lowest BCUT2D eigenvalue weighted by Crippen LogP contribution is -2.26. The number of carbonyl (C=O) groups excluding carboxylic acids is 1. The van der Waals surface area contributed by atoms with Crippen molar-refractivity contribution in [2.75, 3.05) is 20.8 Å². The lowest BCUT2D eigenvalue weighted by molar-refractivity contribution is 0.0950. The minimum atomic E-state index is -0.191. The Morgan fingerprint density at radius 2 is 2.10 bits per heavy atom. The molecule has 2 aromatic rings. The van der Waals surface area contributed by atoms with Gasteiger partial charge in [0.05, 0.1) is 32.3 Å². The van der Waals surface area contributed by atoms with Crippen LogP contribution >= 0.6 is 0 Å². The average Bonchev–Trinajstić information content (AvgIpc) is 2.99. The first kappa shape index (κ1) is 14.0. The zero-order valence-corrected chi connectivity index (χ0v) is 11.5. The van der Waals surface area contributed by atoms with E-state index in [-0.39, 0.29) is 5.91 Å². The maximum atomic E-state index is 12.2. The predicted molar refractivity (Wildman–Crippen MR) is 74.3 cm³/mol. The molecule has 0 bridgehead atoms. The van der Waals surface area contributed by atoms with Gasteiger partial charge >= 0.3 is 0 Å². The molecule has 0 aliphatic carbocycles. The first-order valence-electron chi connectivity index (χ1n) is 6.26. The monoisotopic (exact) mass is 275 g/mol. The number of nitrogens with one attached hydrogen (secondary N) is 1. The van der Waals surface area contributed by atoms with E-state index in [1.807, 2.05) is 6.07 Å². The molecule has 0 radical (unpaired) electrons. The number of amides is 1. The van der Waals surface area contributed by atoms with Gasteiger partial charge in [0, 0.05) is 6.54 Å². The quantitative estimate of drug-likeness (QED) is 0.878. The Kier molecular flexibility index (Phi) is 4.65. The maximum absolute atomic E-state index is 12.2. The van der Waals surface area contributed by atoms with Crippen molar-refractivity contribution in [1.82, 2.24) is 5.32 Å². The predicted octanol–water partition coefficient (Wildman–Crippen LogP) is 2.27. The summed E-state index contributed by atoms with van der Waals surface area (Å²) in [6.45, 7) is 0.527. The Bertz CT molecular complexity index is 563. The molecule has 0 spiro atoms. The molecule has 1 aromatic heterocycles. The molecular weight excluding hydrogens is 258 g/mol. The van der Waals surface area contributed by atoms with E-state index in [0.29, 0.717) is 30.0 Å². The SMILES string of the molecule is COc1cccc(C(=O)NCCc2ccoc2)c1OC. The van der Waals surface area contributed by atoms with Crippen LogP contribution in [-0.2, 0) is 6.42 Å². The summed E-state index contributed by atoms with van der Waals surface area (Å²) >= 11 is 0. The summed E-state index contributed by atoms with van der Waals surface area (Å²) in [6, 6.07) is 7.08. The highest BCUT2D eigenvalue weighted by Gasteiger charge is 2.15. The summed E-state index contributed by atoms with van der Waals surface area (Å²) in [7, 11) is 3.05. The van der Waals surface area contributed by atoms with Gasteiger partial charge in [-0.2, -0.15) is 0 Å². The highest BCUT2D eigenvalue weighted by molar-refractivity contribution is 5.97. The van der Waals surface area contributed by atoms with Gasteiger partial charge in [0.1, 0.15) is 0 Å². The zero-order chi connectivity index (χ0) is 14.4. The third kappa shape index (κ3) is 3.12. The number of rotatable bonds is 6. The molecule has 0 saturated carbocycles. The fraction of sp³-hybridized carbons (Fsp3) is 0.267. The van der Waals surface area contributed by atoms with Crippen molar-refractivity contribution >= 4 is 5.91 Å². The largest absolute Gasteiger partial charge is 0.493 e. The van der Waals surface area contributed by atoms with E-state index in [1.54, 1.807) is 37.8 Å². The molecule has 0 aliphatic heterocycles. The molecule has 20 heavy (non-hydrogen) atoms. The number of furan rings is 1. The van der Waals surface area contributed by atoms with Crippen LogP contribution in [0, 0.1) is 0 Å². The van der Waals surface area contributed by atoms with Gasteiger partial charge in [0.25, 0.3) is 5.91 Å². The highest BCUT2D eigenvalue weighted by Crippen LogP contribution is 2.30. The molecule has 0 atom stereocenters. The van der Waals surface area contributed by atoms with Crippen molar-refractivity contribution in [3.05, 3.63) is 47.9 Å². The fourth-order valence-corrected chi connectivity index (χ4v) is 1.92. The summed E-state index contributed by atoms with van der Waals surface area (Å²) in [5.74, 6) is 0.787. The van der Waals surface area contributed by atoms with Crippen molar-refractivity contribution in [3.8, 4) is 11.5 Å². The van der Waals surface area contributed by atoms with Crippen LogP contribution in [0.25, 0.3) is 0 Å². The molecule has 0 fully saturated rings. The van der Waals surface area contributed by atoms with E-state index in [1.165, 1.54) is 7.11 Å². The standard InChI is InChI=1S/C15H17NO4/c1-18-13-5-3-4-12(14(13)19-2)15(17)16-8-6-11-7-9-20-10-11/h3-5,7,9-10H,6,8H2,1-2H3,(H,16,17). The van der Waals surface area contributed by atoms with Gasteiger partial charge in [0.15, 0.2) is 11.5 Å². The molecule has 106 valence electrons. The Balaban J connectivity index is 2.01. The number of benzene rings is 1. The van der Waals surface area contributed by atoms with Crippen LogP contribution in [0.5, 0.6) is 11.5 Å². The van der Waals surface area contributed by atoms with E-state index in [0.717, 1.165) is 5.56 Å². The first-order valence-corrected chi connectivity index (χ1v) is 6.26. The van der Waals surface area contributed by atoms with E-state index in [2.05, 4.69) is 5.32 Å². The van der Waals surface area contributed by atoms with Gasteiger partial charge in [-0.15, -0.1) is 0 Å². The maximum Gasteiger partial charge on any atom is 0.255 e. The molecule has 1 amide bonds. The van der Waals surface area contributed by atoms with E-state index < -0.39 is 0 Å². The minimum Gasteiger partial charge on any atom is -0.493 e. The number of hydrogen-bond donors (Lipinski definition) is 1. The van der Waals surface area contributed by atoms with Gasteiger partial charge < -0.3 is 19.2 Å². The van der Waals surface area contributed by atoms with Crippen molar-refractivity contribution in [2.24, 2.45) is 0 Å². The van der Waals surface area contributed by atoms with E-state index >= 15 is 0 Å². The lowest BCUT2D eigenvalue weighted by atomic mass is 10.1. The molecule has 1 heterocycles. The molecule has 2 rings (SSSR count). The molecule has 0 saturated heterocycles. The number of methoxy groups -OCH3 is 2. The smallest absolute Gasteiger partial charge is 0.255 e. The summed E-state index contributed by atoms with van der Waals surface area (Å²) < 4.78 is 15.4. The Labute approximate surface area is 117 Å². The summed E-state index contributed by atoms with van der Waals surface area (Å²) in [5, 5.41) is 2.85. The first-order chi connectivity index (χ1) is 9.76. The third-order valence-corrected chi connectivity index (χ3v) is 2.93. The molecule has 0 unspecified atom stereocenters. The fourth-order valence-electron chi connectivity index (χ4n) is 1.92. The second-order valence-electron chi connectivity index (χ2n) is 4.18. The van der Waals surface area contributed by atoms with Crippen LogP contribution < -0.4 is 14.8 Å². The lowest BCUT2D eigenvalue weighted by Gasteiger charge is -2.12. The van der Waals surface area contributed by atoms with Gasteiger partial charge in [-0.25, -0.2) is 0 Å². The zero-order valence-electron chi connectivity index (χ0n) is 11.5. The molecule has 1 N–H and O–H groups in total. The van der Waals surface area contributed by atoms with E-state index in [9.17, 15) is 4.79 Å². The minimum absolute atomic E-state index is 0.191. The Morgan fingerprint density at radius 3 is 2.75 bits per heavy atom. The van der Waals surface area contributed by atoms with Gasteiger partial charge in [-0.3, -0.25) is 4.79 Å². The van der Waals surface area contributed by atoms with Gasteiger partial charge in [-0.05, 0) is 30.2 Å². The molecule has 0 aliphatic rings. The van der Waals surface area contributed by atoms with Crippen LogP contribution in [0.2, 0.25) is 0 Å². The highest BCUT2D eigenvalue weighted by atomic mass is 16.5. The molecule has 1 aromatic carbocycles. The van der Waals surface area contributed by atoms with Crippen molar-refractivity contribution in [2.45, 2.75) is 6.42 Å². The summed E-state index contributed by atoms with van der Waals surface area (Å²) in [4.78, 5) is 12.2. The summed E-state index contributed by atoms with van der Waals surface area (Å²) in [6.07, 6.45) is 4.00. The van der Waals surface area contributed by atoms with Crippen molar-refractivity contribution in [3.63, 3.8) is 0 Å². The van der Waals surface area contributed by atoms with Crippen molar-refractivity contribution < 1.29 is 18.7 Å². The van der Waals surface area contributed by atoms with Gasteiger partial charge in [-0.1, -0.05) is 6.07 Å². The number of carbonyl (C=O) groups is 1. The second kappa shape index (κ2) is 6.65. The molecular formula is C15H17NO4. The number of ether oxygens (including phenoxy) is 2. The van der Waals surface area contributed by atoms with Crippen molar-refractivity contribution in [1.29, 1.82) is 0 Å².